The molecule has 8 nitrogen and oxygen atoms in total. The Balaban J connectivity index is 1.97. The Morgan fingerprint density at radius 3 is 2.54 bits per heavy atom. The van der Waals surface area contributed by atoms with Crippen molar-refractivity contribution in [1.29, 1.82) is 0 Å². The maximum absolute atomic E-state index is 12.5. The molecule has 2 unspecified atom stereocenters. The molecule has 1 aromatic carbocycles. The highest BCUT2D eigenvalue weighted by atomic mass is 16.5. The summed E-state index contributed by atoms with van der Waals surface area (Å²) in [6.45, 7) is 3.64. The number of carboxylic acid groups (broad SMARTS) is 1. The molecule has 1 saturated heterocycles. The highest BCUT2D eigenvalue weighted by Gasteiger charge is 2.33. The molecule has 144 valence electrons. The number of rotatable bonds is 8. The van der Waals surface area contributed by atoms with E-state index in [2.05, 4.69) is 16.2 Å². The molecule has 1 aromatic rings. The summed E-state index contributed by atoms with van der Waals surface area (Å²) >= 11 is 0. The van der Waals surface area contributed by atoms with Crippen molar-refractivity contribution in [3.8, 4) is 11.5 Å². The topological polar surface area (TPSA) is 109 Å². The summed E-state index contributed by atoms with van der Waals surface area (Å²) in [5, 5.41) is 11.7. The van der Waals surface area contributed by atoms with Crippen LogP contribution >= 0.6 is 0 Å². The zero-order valence-corrected chi connectivity index (χ0v) is 15.6. The number of ether oxygens (including phenoxy) is 2. The number of methoxy groups -OCH3 is 2. The summed E-state index contributed by atoms with van der Waals surface area (Å²) in [7, 11) is 3.16. The van der Waals surface area contributed by atoms with E-state index in [0.29, 0.717) is 24.3 Å². The molecule has 1 aliphatic heterocycles. The first kappa shape index (κ1) is 20.0. The van der Waals surface area contributed by atoms with Gasteiger partial charge in [-0.15, -0.1) is 0 Å². The first-order valence-corrected chi connectivity index (χ1v) is 8.52. The second kappa shape index (κ2) is 8.37. The molecular weight excluding hydrogens is 338 g/mol. The van der Waals surface area contributed by atoms with Gasteiger partial charge in [-0.1, -0.05) is 6.07 Å². The average molecular weight is 365 g/mol. The second-order valence-electron chi connectivity index (χ2n) is 7.01. The number of hydrogen-bond donors (Lipinski definition) is 4. The Morgan fingerprint density at radius 1 is 1.23 bits per heavy atom. The van der Waals surface area contributed by atoms with Gasteiger partial charge >= 0.3 is 5.97 Å². The lowest BCUT2D eigenvalue weighted by Gasteiger charge is -2.27. The van der Waals surface area contributed by atoms with Crippen molar-refractivity contribution in [3.63, 3.8) is 0 Å². The molecule has 2 rings (SSSR count). The molecule has 1 amide bonds. The van der Waals surface area contributed by atoms with Gasteiger partial charge in [0.05, 0.1) is 14.2 Å². The van der Waals surface area contributed by atoms with Crippen LogP contribution in [0, 0.1) is 0 Å². The van der Waals surface area contributed by atoms with Gasteiger partial charge in [0.25, 0.3) is 0 Å². The molecule has 0 saturated carbocycles. The molecule has 1 fully saturated rings. The fourth-order valence-electron chi connectivity index (χ4n) is 2.92. The molecule has 0 aliphatic carbocycles. The van der Waals surface area contributed by atoms with Crippen molar-refractivity contribution in [1.82, 2.24) is 16.2 Å². The van der Waals surface area contributed by atoms with Crippen molar-refractivity contribution in [2.75, 3.05) is 14.2 Å². The fraction of sp³-hybridized carbons (Fsp3) is 0.556. The van der Waals surface area contributed by atoms with Crippen LogP contribution in [0.1, 0.15) is 44.7 Å². The molecule has 8 heteroatoms. The van der Waals surface area contributed by atoms with Crippen LogP contribution in [0.25, 0.3) is 0 Å². The van der Waals surface area contributed by atoms with Gasteiger partial charge in [0, 0.05) is 18.0 Å². The van der Waals surface area contributed by atoms with E-state index < -0.39 is 17.6 Å². The van der Waals surface area contributed by atoms with Crippen molar-refractivity contribution < 1.29 is 24.2 Å². The minimum Gasteiger partial charge on any atom is -0.493 e. The summed E-state index contributed by atoms with van der Waals surface area (Å²) in [5.41, 5.74) is 6.53. The van der Waals surface area contributed by atoms with E-state index in [-0.39, 0.29) is 18.4 Å². The number of benzene rings is 1. The Bertz CT molecular complexity index is 662. The molecule has 1 aliphatic rings. The summed E-state index contributed by atoms with van der Waals surface area (Å²) in [4.78, 5) is 23.2. The third kappa shape index (κ3) is 5.09. The molecule has 0 aromatic heterocycles. The summed E-state index contributed by atoms with van der Waals surface area (Å²) in [5.74, 6) is 0.253. The van der Waals surface area contributed by atoms with Gasteiger partial charge in [-0.3, -0.25) is 9.59 Å². The molecule has 0 radical (unpaired) electrons. The number of amides is 1. The van der Waals surface area contributed by atoms with Gasteiger partial charge in [-0.05, 0) is 44.4 Å². The Morgan fingerprint density at radius 2 is 1.92 bits per heavy atom. The van der Waals surface area contributed by atoms with E-state index in [1.54, 1.807) is 14.2 Å². The van der Waals surface area contributed by atoms with E-state index in [1.165, 1.54) is 0 Å². The molecule has 0 bridgehead atoms. The maximum Gasteiger partial charge on any atom is 0.303 e. The van der Waals surface area contributed by atoms with Crippen LogP contribution in [-0.4, -0.2) is 42.8 Å². The van der Waals surface area contributed by atoms with E-state index in [4.69, 9.17) is 14.6 Å². The number of nitrogens with one attached hydrogen (secondary N) is 3. The van der Waals surface area contributed by atoms with Gasteiger partial charge < -0.3 is 19.9 Å². The van der Waals surface area contributed by atoms with Crippen LogP contribution in [0.4, 0.5) is 0 Å². The molecule has 2 atom stereocenters. The molecule has 26 heavy (non-hydrogen) atoms. The van der Waals surface area contributed by atoms with Crippen LogP contribution in [0.2, 0.25) is 0 Å². The van der Waals surface area contributed by atoms with Gasteiger partial charge in [0.15, 0.2) is 11.5 Å². The number of carboxylic acids is 1. The zero-order valence-electron chi connectivity index (χ0n) is 15.6. The molecule has 4 N–H and O–H groups in total. The smallest absolute Gasteiger partial charge is 0.303 e. The normalized spacial score (nSPS) is 19.8. The standard InChI is InChI=1S/C18H27N3O5/c1-18(2,8-7-16(22)23)19-17(24)13-10-12(20-21-13)11-5-6-14(25-3)15(9-11)26-4/h5-6,9,12-13,20-21H,7-8,10H2,1-4H3,(H,19,24)(H,22,23). The largest absolute Gasteiger partial charge is 0.493 e. The SMILES string of the molecule is COc1ccc(C2CC(C(=O)NC(C)(C)CCC(=O)O)NN2)cc1OC. The van der Waals surface area contributed by atoms with Gasteiger partial charge in [0.2, 0.25) is 5.91 Å². The monoisotopic (exact) mass is 365 g/mol. The fourth-order valence-corrected chi connectivity index (χ4v) is 2.92. The lowest BCUT2D eigenvalue weighted by atomic mass is 9.96. The van der Waals surface area contributed by atoms with Gasteiger partial charge in [-0.2, -0.15) is 0 Å². The van der Waals surface area contributed by atoms with Crippen molar-refractivity contribution in [2.45, 2.75) is 50.7 Å². The van der Waals surface area contributed by atoms with Crippen LogP contribution in [0.5, 0.6) is 11.5 Å². The molecular formula is C18H27N3O5. The third-order valence-corrected chi connectivity index (χ3v) is 4.46. The Hall–Kier alpha value is -2.32. The Kier molecular flexibility index (Phi) is 6.44. The minimum atomic E-state index is -0.874. The predicted molar refractivity (Wildman–Crippen MR) is 96.1 cm³/mol. The van der Waals surface area contributed by atoms with E-state index in [9.17, 15) is 9.59 Å². The van der Waals surface area contributed by atoms with Crippen LogP contribution in [-0.2, 0) is 9.59 Å². The quantitative estimate of drug-likeness (QED) is 0.551. The summed E-state index contributed by atoms with van der Waals surface area (Å²) in [6, 6.07) is 5.19. The summed E-state index contributed by atoms with van der Waals surface area (Å²) < 4.78 is 10.6. The number of carbonyl (C=O) groups is 2. The van der Waals surface area contributed by atoms with Gasteiger partial charge in [0.1, 0.15) is 6.04 Å². The highest BCUT2D eigenvalue weighted by molar-refractivity contribution is 5.82. The van der Waals surface area contributed by atoms with Crippen molar-refractivity contribution >= 4 is 11.9 Å². The maximum atomic E-state index is 12.5. The predicted octanol–water partition coefficient (Wildman–Crippen LogP) is 1.37. The lowest BCUT2D eigenvalue weighted by Crippen LogP contribution is -2.51. The van der Waals surface area contributed by atoms with E-state index in [0.717, 1.165) is 5.56 Å². The van der Waals surface area contributed by atoms with Crippen LogP contribution < -0.4 is 25.6 Å². The van der Waals surface area contributed by atoms with Crippen LogP contribution in [0.15, 0.2) is 18.2 Å². The molecule has 0 spiro atoms. The average Bonchev–Trinajstić information content (AvgIpc) is 3.09. The first-order valence-electron chi connectivity index (χ1n) is 8.52. The number of aliphatic carboxylic acids is 1. The second-order valence-corrected chi connectivity index (χ2v) is 7.01. The van der Waals surface area contributed by atoms with Crippen LogP contribution in [0.3, 0.4) is 0 Å². The minimum absolute atomic E-state index is 0.0118. The van der Waals surface area contributed by atoms with Gasteiger partial charge in [-0.25, -0.2) is 10.9 Å². The Labute approximate surface area is 153 Å². The third-order valence-electron chi connectivity index (χ3n) is 4.46. The first-order chi connectivity index (χ1) is 12.3. The van der Waals surface area contributed by atoms with E-state index in [1.807, 2.05) is 32.0 Å². The molecule has 1 heterocycles. The van der Waals surface area contributed by atoms with E-state index >= 15 is 0 Å². The number of hydrazine groups is 1. The van der Waals surface area contributed by atoms with Crippen molar-refractivity contribution in [3.05, 3.63) is 23.8 Å². The summed E-state index contributed by atoms with van der Waals surface area (Å²) in [6.07, 6.45) is 0.946. The number of carbonyl (C=O) groups excluding carboxylic acids is 1. The van der Waals surface area contributed by atoms with Crippen molar-refractivity contribution in [2.24, 2.45) is 0 Å². The number of hydrogen-bond acceptors (Lipinski definition) is 6. The lowest BCUT2D eigenvalue weighted by molar-refractivity contribution is -0.138. The highest BCUT2D eigenvalue weighted by Crippen LogP contribution is 2.32. The zero-order chi connectivity index (χ0) is 19.3.